The van der Waals surface area contributed by atoms with Gasteiger partial charge in [0.2, 0.25) is 11.9 Å². The number of aliphatic carboxylic acids is 1. The van der Waals surface area contributed by atoms with Gasteiger partial charge in [0.15, 0.2) is 12.1 Å². The number of carbonyl (C=O) groups is 2. The number of halogens is 3. The number of nitrogens with two attached hydrogens (primary N) is 3. The molecule has 1 heterocycles. The molecule has 0 aliphatic carbocycles. The third-order valence-electron chi connectivity index (χ3n) is 4.52. The number of amides is 1. The van der Waals surface area contributed by atoms with Crippen LogP contribution in [0.1, 0.15) is 18.7 Å². The number of anilines is 1. The maximum Gasteiger partial charge on any atom is 0.490 e. The molecule has 8 N–H and O–H groups in total. The summed E-state index contributed by atoms with van der Waals surface area (Å²) in [7, 11) is -2.65. The van der Waals surface area contributed by atoms with Crippen LogP contribution in [-0.4, -0.2) is 55.3 Å². The highest BCUT2D eigenvalue weighted by Crippen LogP contribution is 2.20. The summed E-state index contributed by atoms with van der Waals surface area (Å²) in [5.74, 6) is -3.58. The molecular weight excluding hydrogens is 541 g/mol. The van der Waals surface area contributed by atoms with E-state index in [2.05, 4.69) is 9.88 Å². The lowest BCUT2D eigenvalue weighted by atomic mass is 10.1. The molecule has 0 radical (unpaired) electrons. The number of primary amides is 1. The molecule has 210 valence electrons. The standard InChI is InChI=1S/C18H24N6O6S.C2HF3O2/c1-10-4-9-14(23-31(27,28)13-7-5-12(29-3)6-8-13)17(26)24(10)15(16(19)25)11(2)30-22-18(20)21;3-2(4,5)1(6)7/h4-9,11,15,23H,1-3H3,(H2,19,25)(H4,20,21,22);(H,6,7). The number of sulfonamides is 1. The summed E-state index contributed by atoms with van der Waals surface area (Å²) in [4.78, 5) is 39.0. The van der Waals surface area contributed by atoms with Gasteiger partial charge in [0.05, 0.1) is 12.0 Å². The Kier molecular flexibility index (Phi) is 10.5. The molecule has 0 fully saturated rings. The Morgan fingerprint density at radius 1 is 1.11 bits per heavy atom. The molecule has 0 saturated heterocycles. The Bertz CT molecular complexity index is 1340. The van der Waals surface area contributed by atoms with Gasteiger partial charge >= 0.3 is 12.1 Å². The SMILES string of the molecule is COc1ccc(S(=O)(=O)Nc2ccc(C)n(C(C(N)=O)C(C)ON=C(N)N)c2=O)cc1.O=C(O)C(F)(F)F. The first-order valence-electron chi connectivity index (χ1n) is 10.2. The van der Waals surface area contributed by atoms with Crippen LogP contribution in [0.25, 0.3) is 0 Å². The molecule has 38 heavy (non-hydrogen) atoms. The molecule has 0 bridgehead atoms. The van der Waals surface area contributed by atoms with Crippen molar-refractivity contribution in [1.82, 2.24) is 4.57 Å². The van der Waals surface area contributed by atoms with E-state index >= 15 is 0 Å². The highest BCUT2D eigenvalue weighted by molar-refractivity contribution is 7.92. The molecule has 0 saturated carbocycles. The van der Waals surface area contributed by atoms with Crippen molar-refractivity contribution >= 4 is 33.5 Å². The Morgan fingerprint density at radius 2 is 1.63 bits per heavy atom. The lowest BCUT2D eigenvalue weighted by molar-refractivity contribution is -0.192. The van der Waals surface area contributed by atoms with E-state index in [1.54, 1.807) is 6.92 Å². The number of carboxylic acids is 1. The van der Waals surface area contributed by atoms with E-state index in [9.17, 15) is 31.2 Å². The maximum atomic E-state index is 13.1. The van der Waals surface area contributed by atoms with Gasteiger partial charge in [-0.1, -0.05) is 0 Å². The molecule has 1 amide bonds. The number of rotatable bonds is 9. The van der Waals surface area contributed by atoms with E-state index in [0.717, 1.165) is 4.57 Å². The molecule has 0 aliphatic rings. The van der Waals surface area contributed by atoms with Crippen molar-refractivity contribution in [2.45, 2.75) is 37.1 Å². The summed E-state index contributed by atoms with van der Waals surface area (Å²) in [5.41, 5.74) is 15.1. The van der Waals surface area contributed by atoms with E-state index in [0.29, 0.717) is 11.4 Å². The van der Waals surface area contributed by atoms with E-state index in [1.165, 1.54) is 50.4 Å². The van der Waals surface area contributed by atoms with Crippen molar-refractivity contribution in [2.75, 3.05) is 11.8 Å². The van der Waals surface area contributed by atoms with Crippen LogP contribution in [0.2, 0.25) is 0 Å². The minimum atomic E-state index is -5.08. The summed E-state index contributed by atoms with van der Waals surface area (Å²) in [6.07, 6.45) is -6.12. The van der Waals surface area contributed by atoms with Crippen LogP contribution in [0.5, 0.6) is 5.75 Å². The largest absolute Gasteiger partial charge is 0.497 e. The molecule has 0 spiro atoms. The smallest absolute Gasteiger partial charge is 0.490 e. The third-order valence-corrected chi connectivity index (χ3v) is 5.90. The number of ether oxygens (including phenoxy) is 1. The Morgan fingerprint density at radius 3 is 2.05 bits per heavy atom. The molecule has 2 aromatic rings. The van der Waals surface area contributed by atoms with Gasteiger partial charge in [-0.2, -0.15) is 13.2 Å². The highest BCUT2D eigenvalue weighted by atomic mass is 32.2. The Hall–Kier alpha value is -4.48. The van der Waals surface area contributed by atoms with Gasteiger partial charge in [0.25, 0.3) is 15.6 Å². The van der Waals surface area contributed by atoms with Crippen molar-refractivity contribution in [1.29, 1.82) is 0 Å². The van der Waals surface area contributed by atoms with Crippen LogP contribution in [0.15, 0.2) is 51.2 Å². The molecular formula is C20H25F3N6O8S. The van der Waals surface area contributed by atoms with Gasteiger partial charge in [0, 0.05) is 5.69 Å². The quantitative estimate of drug-likeness (QED) is 0.157. The number of benzene rings is 1. The topological polar surface area (TPSA) is 231 Å². The highest BCUT2D eigenvalue weighted by Gasteiger charge is 2.38. The number of nitrogens with zero attached hydrogens (tertiary/aromatic N) is 2. The zero-order valence-corrected chi connectivity index (χ0v) is 20.9. The van der Waals surface area contributed by atoms with Gasteiger partial charge in [-0.15, -0.1) is 0 Å². The number of carbonyl (C=O) groups excluding carboxylic acids is 1. The number of oxime groups is 1. The second-order valence-electron chi connectivity index (χ2n) is 7.32. The van der Waals surface area contributed by atoms with Gasteiger partial charge in [-0.3, -0.25) is 18.9 Å². The predicted molar refractivity (Wildman–Crippen MR) is 128 cm³/mol. The summed E-state index contributed by atoms with van der Waals surface area (Å²) in [6.45, 7) is 2.98. The van der Waals surface area contributed by atoms with Gasteiger partial charge in [-0.25, -0.2) is 13.2 Å². The Labute approximate surface area is 213 Å². The number of nitrogens with one attached hydrogen (secondary N) is 1. The molecule has 1 aromatic carbocycles. The van der Waals surface area contributed by atoms with Crippen LogP contribution in [0.3, 0.4) is 0 Å². The van der Waals surface area contributed by atoms with Gasteiger partial charge < -0.3 is 31.9 Å². The van der Waals surface area contributed by atoms with Crippen LogP contribution in [-0.2, 0) is 24.4 Å². The van der Waals surface area contributed by atoms with Gasteiger partial charge in [-0.05, 0) is 55.4 Å². The molecule has 18 heteroatoms. The van der Waals surface area contributed by atoms with Crippen LogP contribution >= 0.6 is 0 Å². The fourth-order valence-electron chi connectivity index (χ4n) is 2.80. The van der Waals surface area contributed by atoms with E-state index < -0.39 is 45.8 Å². The van der Waals surface area contributed by atoms with Crippen LogP contribution < -0.4 is 32.2 Å². The first-order valence-corrected chi connectivity index (χ1v) is 11.6. The first-order chi connectivity index (χ1) is 17.4. The van der Waals surface area contributed by atoms with Crippen molar-refractivity contribution in [3.8, 4) is 5.75 Å². The maximum absolute atomic E-state index is 13.1. The number of alkyl halides is 3. The Balaban J connectivity index is 0.000000905. The summed E-state index contributed by atoms with van der Waals surface area (Å²) >= 11 is 0. The lowest BCUT2D eigenvalue weighted by Gasteiger charge is -2.24. The average Bonchev–Trinajstić information content (AvgIpc) is 2.81. The summed E-state index contributed by atoms with van der Waals surface area (Å²) < 4.78 is 65.4. The fourth-order valence-corrected chi connectivity index (χ4v) is 3.85. The summed E-state index contributed by atoms with van der Waals surface area (Å²) in [6, 6.07) is 7.00. The number of aromatic nitrogens is 1. The van der Waals surface area contributed by atoms with Crippen LogP contribution in [0.4, 0.5) is 18.9 Å². The first kappa shape index (κ1) is 31.5. The average molecular weight is 567 g/mol. The number of carboxylic acid groups (broad SMARTS) is 1. The zero-order valence-electron chi connectivity index (χ0n) is 20.1. The predicted octanol–water partition coefficient (Wildman–Crippen LogP) is 0.219. The second-order valence-corrected chi connectivity index (χ2v) is 9.00. The number of guanidine groups is 1. The normalized spacial score (nSPS) is 12.7. The van der Waals surface area contributed by atoms with Crippen LogP contribution in [0, 0.1) is 6.92 Å². The number of pyridine rings is 1. The monoisotopic (exact) mass is 566 g/mol. The lowest BCUT2D eigenvalue weighted by Crippen LogP contribution is -2.42. The van der Waals surface area contributed by atoms with Crippen molar-refractivity contribution in [3.05, 3.63) is 52.4 Å². The molecule has 1 aromatic heterocycles. The molecule has 2 unspecified atom stereocenters. The van der Waals surface area contributed by atoms with Crippen molar-refractivity contribution in [2.24, 2.45) is 22.4 Å². The van der Waals surface area contributed by atoms with Gasteiger partial charge in [0.1, 0.15) is 11.4 Å². The van der Waals surface area contributed by atoms with E-state index in [1.807, 2.05) is 0 Å². The van der Waals surface area contributed by atoms with Crippen molar-refractivity contribution in [3.63, 3.8) is 0 Å². The fraction of sp³-hybridized carbons (Fsp3) is 0.300. The second kappa shape index (κ2) is 12.7. The van der Waals surface area contributed by atoms with Crippen molar-refractivity contribution < 1.29 is 45.9 Å². The number of aryl methyl sites for hydroxylation is 1. The minimum Gasteiger partial charge on any atom is -0.497 e. The number of hydrogen-bond acceptors (Lipinski definition) is 8. The molecule has 0 aliphatic heterocycles. The number of methoxy groups -OCH3 is 1. The zero-order chi connectivity index (χ0) is 29.4. The molecule has 2 atom stereocenters. The number of hydrogen-bond donors (Lipinski definition) is 5. The third kappa shape index (κ3) is 8.57. The molecule has 14 nitrogen and oxygen atoms in total. The van der Waals surface area contributed by atoms with E-state index in [4.69, 9.17) is 36.7 Å². The summed E-state index contributed by atoms with van der Waals surface area (Å²) in [5, 5.41) is 10.5. The van der Waals surface area contributed by atoms with E-state index in [-0.39, 0.29) is 16.5 Å². The molecule has 2 rings (SSSR count). The minimum absolute atomic E-state index is 0.0873.